The average Bonchev–Trinajstić information content (AvgIpc) is 2.58. The maximum absolute atomic E-state index is 3.70. The summed E-state index contributed by atoms with van der Waals surface area (Å²) in [6, 6.07) is 2.70. The molecular formula is C14H24BrNS. The summed E-state index contributed by atoms with van der Waals surface area (Å²) in [6.45, 7) is 12.4. The highest BCUT2D eigenvalue weighted by Crippen LogP contribution is 2.37. The SMILES string of the molecule is CCCNC(c1sc(C)cc1Br)C(C)C(C)C. The lowest BCUT2D eigenvalue weighted by Gasteiger charge is -2.27. The topological polar surface area (TPSA) is 12.0 Å². The zero-order valence-corrected chi connectivity index (χ0v) is 13.9. The number of halogens is 1. The van der Waals surface area contributed by atoms with Crippen molar-refractivity contribution in [2.24, 2.45) is 11.8 Å². The van der Waals surface area contributed by atoms with Crippen LogP contribution in [0.1, 0.15) is 49.9 Å². The van der Waals surface area contributed by atoms with Crippen LogP contribution in [-0.2, 0) is 0 Å². The molecule has 1 nitrogen and oxygen atoms in total. The van der Waals surface area contributed by atoms with E-state index in [2.05, 4.69) is 61.9 Å². The molecule has 0 aromatic carbocycles. The van der Waals surface area contributed by atoms with E-state index in [0.29, 0.717) is 17.9 Å². The minimum absolute atomic E-state index is 0.475. The molecule has 3 heteroatoms. The summed E-state index contributed by atoms with van der Waals surface area (Å²) < 4.78 is 1.26. The smallest absolute Gasteiger partial charge is 0.0454 e. The van der Waals surface area contributed by atoms with E-state index in [1.807, 2.05) is 11.3 Å². The van der Waals surface area contributed by atoms with E-state index in [4.69, 9.17) is 0 Å². The molecule has 0 aliphatic heterocycles. The molecule has 17 heavy (non-hydrogen) atoms. The molecule has 0 saturated carbocycles. The number of hydrogen-bond acceptors (Lipinski definition) is 2. The van der Waals surface area contributed by atoms with Crippen molar-refractivity contribution < 1.29 is 0 Å². The van der Waals surface area contributed by atoms with Crippen molar-refractivity contribution >= 4 is 27.3 Å². The van der Waals surface area contributed by atoms with Gasteiger partial charge in [0.15, 0.2) is 0 Å². The second kappa shape index (κ2) is 6.91. The Morgan fingerprint density at radius 3 is 2.41 bits per heavy atom. The molecular weight excluding hydrogens is 294 g/mol. The van der Waals surface area contributed by atoms with Gasteiger partial charge in [0.05, 0.1) is 0 Å². The Morgan fingerprint density at radius 2 is 2.00 bits per heavy atom. The quantitative estimate of drug-likeness (QED) is 0.764. The third kappa shape index (κ3) is 4.08. The first kappa shape index (κ1) is 15.2. The van der Waals surface area contributed by atoms with Gasteiger partial charge in [-0.3, -0.25) is 0 Å². The van der Waals surface area contributed by atoms with E-state index in [1.165, 1.54) is 20.6 Å². The molecule has 98 valence electrons. The normalized spacial score (nSPS) is 15.2. The number of hydrogen-bond donors (Lipinski definition) is 1. The highest BCUT2D eigenvalue weighted by atomic mass is 79.9. The Hall–Kier alpha value is 0.140. The van der Waals surface area contributed by atoms with E-state index in [0.717, 1.165) is 6.54 Å². The van der Waals surface area contributed by atoms with Gasteiger partial charge >= 0.3 is 0 Å². The lowest BCUT2D eigenvalue weighted by Crippen LogP contribution is -2.29. The molecule has 2 atom stereocenters. The summed E-state index contributed by atoms with van der Waals surface area (Å²) in [7, 11) is 0. The van der Waals surface area contributed by atoms with Crippen LogP contribution in [-0.4, -0.2) is 6.54 Å². The molecule has 0 saturated heterocycles. The average molecular weight is 318 g/mol. The van der Waals surface area contributed by atoms with Crippen molar-refractivity contribution in [1.29, 1.82) is 0 Å². The molecule has 1 heterocycles. The van der Waals surface area contributed by atoms with Crippen molar-refractivity contribution in [3.05, 3.63) is 20.3 Å². The Labute approximate surface area is 118 Å². The number of rotatable bonds is 6. The molecule has 0 aliphatic rings. The maximum atomic E-state index is 3.70. The highest BCUT2D eigenvalue weighted by molar-refractivity contribution is 9.10. The van der Waals surface area contributed by atoms with Gasteiger partial charge in [-0.2, -0.15) is 0 Å². The zero-order chi connectivity index (χ0) is 13.0. The molecule has 1 aromatic heterocycles. The van der Waals surface area contributed by atoms with Crippen molar-refractivity contribution in [1.82, 2.24) is 5.32 Å². The van der Waals surface area contributed by atoms with Gasteiger partial charge in [-0.05, 0) is 53.7 Å². The second-order valence-electron chi connectivity index (χ2n) is 5.10. The third-order valence-electron chi connectivity index (χ3n) is 3.31. The molecule has 0 fully saturated rings. The van der Waals surface area contributed by atoms with Crippen molar-refractivity contribution in [3.8, 4) is 0 Å². The van der Waals surface area contributed by atoms with E-state index < -0.39 is 0 Å². The van der Waals surface area contributed by atoms with E-state index in [1.54, 1.807) is 0 Å². The van der Waals surface area contributed by atoms with Crippen molar-refractivity contribution in [2.75, 3.05) is 6.54 Å². The summed E-state index contributed by atoms with van der Waals surface area (Å²) in [5.74, 6) is 1.34. The minimum Gasteiger partial charge on any atom is -0.309 e. The van der Waals surface area contributed by atoms with E-state index in [-0.39, 0.29) is 0 Å². The molecule has 0 bridgehead atoms. The Kier molecular flexibility index (Phi) is 6.18. The highest BCUT2D eigenvalue weighted by Gasteiger charge is 2.24. The molecule has 1 aromatic rings. The number of aryl methyl sites for hydroxylation is 1. The van der Waals surface area contributed by atoms with Gasteiger partial charge in [0, 0.05) is 20.3 Å². The first-order chi connectivity index (χ1) is 7.97. The van der Waals surface area contributed by atoms with Gasteiger partial charge in [-0.25, -0.2) is 0 Å². The number of thiophene rings is 1. The standard InChI is InChI=1S/C14H24BrNS/c1-6-7-16-13(11(5)9(2)3)14-12(15)8-10(4)17-14/h8-9,11,13,16H,6-7H2,1-5H3. The van der Waals surface area contributed by atoms with Gasteiger partial charge in [0.25, 0.3) is 0 Å². The van der Waals surface area contributed by atoms with Gasteiger partial charge in [-0.15, -0.1) is 11.3 Å². The van der Waals surface area contributed by atoms with Crippen LogP contribution in [0.25, 0.3) is 0 Å². The Balaban J connectivity index is 2.93. The van der Waals surface area contributed by atoms with Crippen LogP contribution in [0.2, 0.25) is 0 Å². The number of nitrogens with one attached hydrogen (secondary N) is 1. The van der Waals surface area contributed by atoms with Crippen molar-refractivity contribution in [3.63, 3.8) is 0 Å². The lowest BCUT2D eigenvalue weighted by atomic mass is 9.89. The lowest BCUT2D eigenvalue weighted by molar-refractivity contribution is 0.307. The van der Waals surface area contributed by atoms with Crippen molar-refractivity contribution in [2.45, 2.75) is 47.1 Å². The summed E-state index contributed by atoms with van der Waals surface area (Å²) >= 11 is 5.61. The minimum atomic E-state index is 0.475. The first-order valence-corrected chi connectivity index (χ1v) is 8.07. The molecule has 2 unspecified atom stereocenters. The van der Waals surface area contributed by atoms with Crippen LogP contribution < -0.4 is 5.32 Å². The van der Waals surface area contributed by atoms with Crippen LogP contribution in [0, 0.1) is 18.8 Å². The summed E-state index contributed by atoms with van der Waals surface area (Å²) in [4.78, 5) is 2.84. The van der Waals surface area contributed by atoms with Gasteiger partial charge in [-0.1, -0.05) is 27.7 Å². The zero-order valence-electron chi connectivity index (χ0n) is 11.5. The molecule has 0 aliphatic carbocycles. The maximum Gasteiger partial charge on any atom is 0.0454 e. The largest absolute Gasteiger partial charge is 0.309 e. The molecule has 0 spiro atoms. The van der Waals surface area contributed by atoms with Crippen LogP contribution in [0.3, 0.4) is 0 Å². The summed E-state index contributed by atoms with van der Waals surface area (Å²) in [5, 5.41) is 3.70. The van der Waals surface area contributed by atoms with Crippen LogP contribution in [0.4, 0.5) is 0 Å². The summed E-state index contributed by atoms with van der Waals surface area (Å²) in [6.07, 6.45) is 1.18. The molecule has 0 amide bonds. The molecule has 1 N–H and O–H groups in total. The second-order valence-corrected chi connectivity index (χ2v) is 7.25. The molecule has 0 radical (unpaired) electrons. The van der Waals surface area contributed by atoms with E-state index >= 15 is 0 Å². The Bertz CT molecular complexity index is 346. The fourth-order valence-electron chi connectivity index (χ4n) is 1.92. The Morgan fingerprint density at radius 1 is 1.35 bits per heavy atom. The van der Waals surface area contributed by atoms with E-state index in [9.17, 15) is 0 Å². The predicted octanol–water partition coefficient (Wildman–Crippen LogP) is 5.15. The van der Waals surface area contributed by atoms with Gasteiger partial charge < -0.3 is 5.32 Å². The third-order valence-corrected chi connectivity index (χ3v) is 5.36. The summed E-state index contributed by atoms with van der Waals surface area (Å²) in [5.41, 5.74) is 0. The monoisotopic (exact) mass is 317 g/mol. The predicted molar refractivity (Wildman–Crippen MR) is 81.8 cm³/mol. The van der Waals surface area contributed by atoms with Gasteiger partial charge in [0.2, 0.25) is 0 Å². The molecule has 1 rings (SSSR count). The van der Waals surface area contributed by atoms with Crippen LogP contribution >= 0.6 is 27.3 Å². The fourth-order valence-corrected chi connectivity index (χ4v) is 4.00. The van der Waals surface area contributed by atoms with Crippen LogP contribution in [0.5, 0.6) is 0 Å². The van der Waals surface area contributed by atoms with Gasteiger partial charge in [0.1, 0.15) is 0 Å². The fraction of sp³-hybridized carbons (Fsp3) is 0.714. The van der Waals surface area contributed by atoms with Crippen LogP contribution in [0.15, 0.2) is 10.5 Å². The first-order valence-electron chi connectivity index (χ1n) is 6.46.